The Hall–Kier alpha value is -3.97. The number of nitrogens with one attached hydrogen (secondary N) is 3. The van der Waals surface area contributed by atoms with E-state index in [-0.39, 0.29) is 5.91 Å². The highest BCUT2D eigenvalue weighted by Crippen LogP contribution is 2.28. The molecule has 146 valence electrons. The van der Waals surface area contributed by atoms with E-state index in [0.29, 0.717) is 5.56 Å². The molecule has 3 heterocycles. The van der Waals surface area contributed by atoms with Crippen molar-refractivity contribution in [2.75, 3.05) is 10.6 Å². The van der Waals surface area contributed by atoms with Gasteiger partial charge in [0.25, 0.3) is 5.91 Å². The number of rotatable bonds is 5. The Kier molecular flexibility index (Phi) is 4.71. The van der Waals surface area contributed by atoms with Crippen LogP contribution in [-0.4, -0.2) is 20.9 Å². The number of carbonyl (C=O) groups is 1. The average Bonchev–Trinajstić information content (AvgIpc) is 3.44. The van der Waals surface area contributed by atoms with Gasteiger partial charge in [0.2, 0.25) is 0 Å². The number of carbonyl (C=O) groups excluding carboxylic acids is 1. The zero-order chi connectivity index (χ0) is 20.3. The minimum atomic E-state index is -0.143. The maximum absolute atomic E-state index is 12.6. The van der Waals surface area contributed by atoms with Crippen LogP contribution in [0.5, 0.6) is 0 Å². The fraction of sp³-hybridized carbons (Fsp3) is 0. The number of fused-ring (bicyclic) bond motifs is 1. The average molecular weight is 411 g/mol. The summed E-state index contributed by atoms with van der Waals surface area (Å²) < 4.78 is 0. The Labute approximate surface area is 176 Å². The third kappa shape index (κ3) is 3.78. The molecule has 5 aromatic rings. The second-order valence-electron chi connectivity index (χ2n) is 6.72. The minimum Gasteiger partial charge on any atom is -0.361 e. The van der Waals surface area contributed by atoms with Gasteiger partial charge in [-0.3, -0.25) is 9.78 Å². The molecule has 2 aromatic carbocycles. The van der Waals surface area contributed by atoms with Gasteiger partial charge in [-0.25, -0.2) is 4.98 Å². The lowest BCUT2D eigenvalue weighted by Gasteiger charge is -2.06. The monoisotopic (exact) mass is 411 g/mol. The minimum absolute atomic E-state index is 0.143. The van der Waals surface area contributed by atoms with E-state index in [1.54, 1.807) is 12.4 Å². The van der Waals surface area contributed by atoms with Crippen molar-refractivity contribution in [1.82, 2.24) is 15.0 Å². The first-order valence-electron chi connectivity index (χ1n) is 9.36. The largest absolute Gasteiger partial charge is 0.361 e. The van der Waals surface area contributed by atoms with Crippen LogP contribution in [0.1, 0.15) is 10.4 Å². The first-order valence-corrected chi connectivity index (χ1v) is 10.2. The predicted octanol–water partition coefficient (Wildman–Crippen LogP) is 5.68. The molecule has 0 aliphatic rings. The summed E-state index contributed by atoms with van der Waals surface area (Å²) in [6, 6.07) is 19.1. The number of aromatic amines is 1. The molecule has 0 fully saturated rings. The van der Waals surface area contributed by atoms with Crippen LogP contribution in [0.15, 0.2) is 84.6 Å². The molecule has 3 N–H and O–H groups in total. The van der Waals surface area contributed by atoms with E-state index >= 15 is 0 Å². The standard InChI is InChI=1S/C23H17N5OS/c29-22(17-4-3-16-9-11-25-20(16)12-17)26-18-7-5-15(6-8-18)21-14-30-23(28-21)27-19-2-1-10-24-13-19/h1-14,25H,(H,26,29)(H,27,28). The third-order valence-electron chi connectivity index (χ3n) is 4.67. The van der Waals surface area contributed by atoms with Crippen molar-refractivity contribution < 1.29 is 4.79 Å². The topological polar surface area (TPSA) is 82.7 Å². The normalized spacial score (nSPS) is 10.8. The van der Waals surface area contributed by atoms with Crippen LogP contribution in [0.3, 0.4) is 0 Å². The summed E-state index contributed by atoms with van der Waals surface area (Å²) in [5, 5.41) is 10.1. The number of pyridine rings is 1. The molecule has 0 saturated heterocycles. The Morgan fingerprint density at radius 1 is 1.00 bits per heavy atom. The second kappa shape index (κ2) is 7.81. The van der Waals surface area contributed by atoms with Gasteiger partial charge in [0, 0.05) is 40.1 Å². The van der Waals surface area contributed by atoms with Crippen molar-refractivity contribution in [3.05, 3.63) is 90.2 Å². The third-order valence-corrected chi connectivity index (χ3v) is 5.43. The number of anilines is 3. The molecule has 0 aliphatic heterocycles. The highest BCUT2D eigenvalue weighted by molar-refractivity contribution is 7.14. The van der Waals surface area contributed by atoms with E-state index in [1.807, 2.05) is 72.2 Å². The van der Waals surface area contributed by atoms with Crippen LogP contribution < -0.4 is 10.6 Å². The molecule has 0 unspecified atom stereocenters. The van der Waals surface area contributed by atoms with E-state index in [9.17, 15) is 4.79 Å². The van der Waals surface area contributed by atoms with E-state index < -0.39 is 0 Å². The summed E-state index contributed by atoms with van der Waals surface area (Å²) >= 11 is 1.53. The molecule has 0 atom stereocenters. The SMILES string of the molecule is O=C(Nc1ccc(-c2csc(Nc3cccnc3)n2)cc1)c1ccc2cc[nH]c2c1. The van der Waals surface area contributed by atoms with Crippen LogP contribution in [0.4, 0.5) is 16.5 Å². The number of benzene rings is 2. The summed E-state index contributed by atoms with van der Waals surface area (Å²) in [7, 11) is 0. The van der Waals surface area contributed by atoms with Gasteiger partial charge in [0.1, 0.15) is 0 Å². The van der Waals surface area contributed by atoms with Gasteiger partial charge in [-0.1, -0.05) is 18.2 Å². The van der Waals surface area contributed by atoms with Gasteiger partial charge < -0.3 is 15.6 Å². The lowest BCUT2D eigenvalue weighted by atomic mass is 10.1. The fourth-order valence-corrected chi connectivity index (χ4v) is 3.88. The van der Waals surface area contributed by atoms with Crippen LogP contribution in [0.2, 0.25) is 0 Å². The maximum Gasteiger partial charge on any atom is 0.255 e. The molecule has 1 amide bonds. The molecule has 0 radical (unpaired) electrons. The molecule has 30 heavy (non-hydrogen) atoms. The van der Waals surface area contributed by atoms with Crippen molar-refractivity contribution >= 4 is 44.7 Å². The first-order chi connectivity index (χ1) is 14.7. The van der Waals surface area contributed by atoms with Crippen LogP contribution in [0.25, 0.3) is 22.2 Å². The Morgan fingerprint density at radius 2 is 1.90 bits per heavy atom. The summed E-state index contributed by atoms with van der Waals surface area (Å²) in [5.41, 5.74) is 5.04. The van der Waals surface area contributed by atoms with Gasteiger partial charge in [-0.15, -0.1) is 11.3 Å². The molecular weight excluding hydrogens is 394 g/mol. The number of thiazole rings is 1. The van der Waals surface area contributed by atoms with Gasteiger partial charge in [0.05, 0.1) is 17.6 Å². The number of hydrogen-bond acceptors (Lipinski definition) is 5. The van der Waals surface area contributed by atoms with Crippen LogP contribution in [-0.2, 0) is 0 Å². The van der Waals surface area contributed by atoms with Crippen molar-refractivity contribution in [2.24, 2.45) is 0 Å². The molecule has 0 aliphatic carbocycles. The van der Waals surface area contributed by atoms with E-state index in [0.717, 1.165) is 38.7 Å². The molecule has 0 spiro atoms. The number of aromatic nitrogens is 3. The fourth-order valence-electron chi connectivity index (χ4n) is 3.14. The smallest absolute Gasteiger partial charge is 0.255 e. The Bertz CT molecular complexity index is 1310. The van der Waals surface area contributed by atoms with Gasteiger partial charge >= 0.3 is 0 Å². The van der Waals surface area contributed by atoms with Gasteiger partial charge in [-0.2, -0.15) is 0 Å². The van der Waals surface area contributed by atoms with Crippen molar-refractivity contribution in [1.29, 1.82) is 0 Å². The molecule has 3 aromatic heterocycles. The summed E-state index contributed by atoms with van der Waals surface area (Å²) in [6.45, 7) is 0. The van der Waals surface area contributed by atoms with E-state index in [4.69, 9.17) is 0 Å². The van der Waals surface area contributed by atoms with Gasteiger partial charge in [0.15, 0.2) is 5.13 Å². The number of amides is 1. The van der Waals surface area contributed by atoms with Crippen LogP contribution in [0, 0.1) is 0 Å². The first kappa shape index (κ1) is 18.1. The highest BCUT2D eigenvalue weighted by Gasteiger charge is 2.09. The molecule has 6 nitrogen and oxygen atoms in total. The molecular formula is C23H17N5OS. The van der Waals surface area contributed by atoms with Gasteiger partial charge in [-0.05, 0) is 47.9 Å². The molecule has 5 rings (SSSR count). The lowest BCUT2D eigenvalue weighted by Crippen LogP contribution is -2.11. The summed E-state index contributed by atoms with van der Waals surface area (Å²) in [5.74, 6) is -0.143. The van der Waals surface area contributed by atoms with Crippen molar-refractivity contribution in [3.8, 4) is 11.3 Å². The lowest BCUT2D eigenvalue weighted by molar-refractivity contribution is 0.102. The Morgan fingerprint density at radius 3 is 2.73 bits per heavy atom. The number of hydrogen-bond donors (Lipinski definition) is 3. The maximum atomic E-state index is 12.6. The Balaban J connectivity index is 1.28. The summed E-state index contributed by atoms with van der Waals surface area (Å²) in [4.78, 5) is 24.4. The molecule has 7 heteroatoms. The predicted molar refractivity (Wildman–Crippen MR) is 121 cm³/mol. The van der Waals surface area contributed by atoms with Crippen LogP contribution >= 0.6 is 11.3 Å². The zero-order valence-corrected chi connectivity index (χ0v) is 16.6. The van der Waals surface area contributed by atoms with E-state index in [1.165, 1.54) is 11.3 Å². The van der Waals surface area contributed by atoms with E-state index in [2.05, 4.69) is 25.6 Å². The molecule has 0 bridgehead atoms. The quantitative estimate of drug-likeness (QED) is 0.347. The highest BCUT2D eigenvalue weighted by atomic mass is 32.1. The number of nitrogens with zero attached hydrogens (tertiary/aromatic N) is 2. The molecule has 0 saturated carbocycles. The second-order valence-corrected chi connectivity index (χ2v) is 7.57. The zero-order valence-electron chi connectivity index (χ0n) is 15.8. The van der Waals surface area contributed by atoms with Crippen molar-refractivity contribution in [2.45, 2.75) is 0 Å². The summed E-state index contributed by atoms with van der Waals surface area (Å²) in [6.07, 6.45) is 5.35. The van der Waals surface area contributed by atoms with Crippen molar-refractivity contribution in [3.63, 3.8) is 0 Å². The number of H-pyrrole nitrogens is 1.